The normalized spacial score (nSPS) is 34.1. The van der Waals surface area contributed by atoms with E-state index in [2.05, 4.69) is 40.5 Å². The molecule has 6 rings (SSSR count). The van der Waals surface area contributed by atoms with Crippen molar-refractivity contribution in [3.05, 3.63) is 83.5 Å². The highest BCUT2D eigenvalue weighted by Gasteiger charge is 2.44. The van der Waals surface area contributed by atoms with E-state index in [1.165, 1.54) is 0 Å². The zero-order chi connectivity index (χ0) is 38.4. The lowest BCUT2D eigenvalue weighted by Gasteiger charge is -2.42. The highest BCUT2D eigenvalue weighted by molar-refractivity contribution is 5.45. The Hall–Kier alpha value is -3.76. The summed E-state index contributed by atoms with van der Waals surface area (Å²) >= 11 is 0. The summed E-state index contributed by atoms with van der Waals surface area (Å²) in [4.78, 5) is 3.30. The third-order valence-corrected chi connectivity index (χ3v) is 12.0. The Labute approximate surface area is 319 Å². The number of H-pyrrole nitrogens is 1. The topological polar surface area (TPSA) is 196 Å². The number of benzene rings is 1. The number of fused-ring (bicyclic) bond motifs is 1. The fraction of sp³-hybridized carbons (Fsp3) is 0.581. The molecule has 54 heavy (non-hydrogen) atoms. The second-order valence-corrected chi connectivity index (χ2v) is 15.9. The van der Waals surface area contributed by atoms with Gasteiger partial charge < -0.3 is 56.7 Å². The molecule has 0 amide bonds. The minimum absolute atomic E-state index is 0.0890. The molecule has 0 unspecified atom stereocenters. The van der Waals surface area contributed by atoms with Crippen LogP contribution < -0.4 is 21.1 Å². The van der Waals surface area contributed by atoms with Crippen molar-refractivity contribution < 1.29 is 35.4 Å². The number of phenols is 1. The van der Waals surface area contributed by atoms with Gasteiger partial charge in [0.2, 0.25) is 0 Å². The van der Waals surface area contributed by atoms with Gasteiger partial charge in [0, 0.05) is 60.6 Å². The SMILES string of the molecule is CC[C@H]1C#C[C@H]2C=C[C@@H](c3ccc(O)c(O[C@@H]4[C@H](O)[C@H](O)CC[C@H]4[C@H](Cc4ccc[nH]4)C4=CCNC(N)=C4)c3)C[C@@H](O)[C@H]2[C@@H](O)CC[C@H](NC[C@H](C)O)C1. The maximum atomic E-state index is 11.7. The molecule has 3 aliphatic carbocycles. The number of hydrogen-bond acceptors (Lipinski definition) is 10. The number of aromatic hydroxyl groups is 1. The summed E-state index contributed by atoms with van der Waals surface area (Å²) in [6.45, 7) is 4.93. The summed E-state index contributed by atoms with van der Waals surface area (Å²) in [7, 11) is 0. The summed E-state index contributed by atoms with van der Waals surface area (Å²) < 4.78 is 6.59. The first-order valence-electron chi connectivity index (χ1n) is 19.9. The summed E-state index contributed by atoms with van der Waals surface area (Å²) in [5.41, 5.74) is 9.07. The first kappa shape index (κ1) is 39.9. The average Bonchev–Trinajstić information content (AvgIpc) is 3.61. The maximum absolute atomic E-state index is 11.7. The third-order valence-electron chi connectivity index (χ3n) is 12.0. The molecule has 294 valence electrons. The van der Waals surface area contributed by atoms with Gasteiger partial charge in [0.1, 0.15) is 12.2 Å². The van der Waals surface area contributed by atoms with E-state index in [1.807, 2.05) is 42.6 Å². The molecule has 2 heterocycles. The van der Waals surface area contributed by atoms with E-state index in [9.17, 15) is 30.6 Å². The molecular formula is C43H60N4O7. The van der Waals surface area contributed by atoms with Gasteiger partial charge in [-0.2, -0.15) is 0 Å². The lowest BCUT2D eigenvalue weighted by Crippen LogP contribution is -2.52. The molecule has 11 heteroatoms. The van der Waals surface area contributed by atoms with Gasteiger partial charge in [-0.25, -0.2) is 0 Å². The van der Waals surface area contributed by atoms with Crippen LogP contribution in [0.15, 0.2) is 72.2 Å². The minimum Gasteiger partial charge on any atom is -0.504 e. The van der Waals surface area contributed by atoms with Crippen LogP contribution in [0.5, 0.6) is 11.5 Å². The Morgan fingerprint density at radius 2 is 1.81 bits per heavy atom. The molecule has 11 N–H and O–H groups in total. The molecule has 1 saturated carbocycles. The number of hydrogen-bond donors (Lipinski definition) is 10. The lowest BCUT2D eigenvalue weighted by molar-refractivity contribution is -0.108. The van der Waals surface area contributed by atoms with Crippen molar-refractivity contribution in [1.82, 2.24) is 15.6 Å². The average molecular weight is 745 g/mol. The van der Waals surface area contributed by atoms with Crippen molar-refractivity contribution in [1.29, 1.82) is 0 Å². The molecule has 13 atom stereocenters. The Balaban J connectivity index is 1.26. The molecule has 1 aromatic heterocycles. The van der Waals surface area contributed by atoms with Crippen molar-refractivity contribution in [2.24, 2.45) is 35.3 Å². The highest BCUT2D eigenvalue weighted by atomic mass is 16.5. The van der Waals surface area contributed by atoms with E-state index in [-0.39, 0.29) is 47.1 Å². The van der Waals surface area contributed by atoms with Crippen molar-refractivity contribution >= 4 is 0 Å². The van der Waals surface area contributed by atoms with Crippen LogP contribution in [0, 0.1) is 41.4 Å². The molecule has 0 saturated heterocycles. The number of ether oxygens (including phenoxy) is 1. The molecule has 0 radical (unpaired) electrons. The maximum Gasteiger partial charge on any atom is 0.161 e. The number of phenolic OH excluding ortho intramolecular Hbond substituents is 1. The van der Waals surface area contributed by atoms with Crippen molar-refractivity contribution in [2.75, 3.05) is 13.1 Å². The molecule has 0 spiro atoms. The molecule has 2 aromatic rings. The van der Waals surface area contributed by atoms with Gasteiger partial charge in [0.25, 0.3) is 0 Å². The van der Waals surface area contributed by atoms with Crippen LogP contribution in [0.1, 0.15) is 76.0 Å². The molecule has 0 bridgehead atoms. The summed E-state index contributed by atoms with van der Waals surface area (Å²) in [5, 5.41) is 73.2. The number of nitrogens with two attached hydrogens (primary N) is 1. The predicted octanol–water partition coefficient (Wildman–Crippen LogP) is 3.34. The number of aromatic amines is 1. The fourth-order valence-electron chi connectivity index (χ4n) is 8.94. The van der Waals surface area contributed by atoms with Crippen LogP contribution in [-0.2, 0) is 6.42 Å². The number of rotatable bonds is 11. The minimum atomic E-state index is -1.20. The first-order chi connectivity index (χ1) is 26.0. The van der Waals surface area contributed by atoms with Crippen LogP contribution in [-0.4, -0.2) is 91.4 Å². The monoisotopic (exact) mass is 744 g/mol. The molecular weight excluding hydrogens is 684 g/mol. The van der Waals surface area contributed by atoms with Gasteiger partial charge in [-0.15, -0.1) is 0 Å². The van der Waals surface area contributed by atoms with Gasteiger partial charge >= 0.3 is 0 Å². The lowest BCUT2D eigenvalue weighted by atomic mass is 9.70. The zero-order valence-corrected chi connectivity index (χ0v) is 31.5. The predicted molar refractivity (Wildman–Crippen MR) is 208 cm³/mol. The number of aliphatic hydroxyl groups is 5. The standard InChI is InChI=1S/C43H60N4O7/c1-3-26-6-7-27-8-9-28(20-38(52)41(27)36(50)14-11-32(19-26)47-24-25(2)48)29-10-13-35(49)39(21-29)54-43-33(12-15-37(51)42(43)53)34(23-31-5-4-17-45-31)30-16-18-46-40(44)22-30/h4-5,8-10,13,16-17,21-22,25-28,32-34,36-38,41-43,45-53H,3,11-12,14-15,18-20,23-24,44H2,1-2H3/t25-,26-,27-,28+,32-,33-,34+,36-,37+,38+,41+,42+,43-/m0/s1. The smallest absolute Gasteiger partial charge is 0.161 e. The molecule has 1 fully saturated rings. The second kappa shape index (κ2) is 18.2. The van der Waals surface area contributed by atoms with Gasteiger partial charge in [-0.3, -0.25) is 0 Å². The largest absolute Gasteiger partial charge is 0.504 e. The molecule has 1 aromatic carbocycles. The van der Waals surface area contributed by atoms with Crippen LogP contribution in [0.3, 0.4) is 0 Å². The van der Waals surface area contributed by atoms with Gasteiger partial charge in [0.05, 0.1) is 30.2 Å². The van der Waals surface area contributed by atoms with Gasteiger partial charge in [0.15, 0.2) is 11.5 Å². The van der Waals surface area contributed by atoms with E-state index < -0.39 is 42.5 Å². The second-order valence-electron chi connectivity index (χ2n) is 15.9. The summed E-state index contributed by atoms with van der Waals surface area (Å²) in [5.74, 6) is 6.29. The third kappa shape index (κ3) is 9.72. The van der Waals surface area contributed by atoms with Crippen LogP contribution in [0.25, 0.3) is 0 Å². The van der Waals surface area contributed by atoms with E-state index in [0.29, 0.717) is 57.4 Å². The van der Waals surface area contributed by atoms with Crippen molar-refractivity contribution in [2.45, 2.75) is 114 Å². The van der Waals surface area contributed by atoms with Crippen LogP contribution in [0.4, 0.5) is 0 Å². The van der Waals surface area contributed by atoms with E-state index >= 15 is 0 Å². The van der Waals surface area contributed by atoms with E-state index in [1.54, 1.807) is 19.1 Å². The summed E-state index contributed by atoms with van der Waals surface area (Å²) in [6.07, 6.45) is 9.73. The first-order valence-corrected chi connectivity index (χ1v) is 19.9. The zero-order valence-electron chi connectivity index (χ0n) is 31.5. The summed E-state index contributed by atoms with van der Waals surface area (Å²) in [6, 6.07) is 9.23. The van der Waals surface area contributed by atoms with Gasteiger partial charge in [-0.05, 0) is 106 Å². The Kier molecular flexibility index (Phi) is 13.5. The number of dihydropyridines is 1. The number of allylic oxidation sites excluding steroid dienone is 4. The quantitative estimate of drug-likeness (QED) is 0.120. The van der Waals surface area contributed by atoms with Crippen LogP contribution in [0.2, 0.25) is 0 Å². The fourth-order valence-corrected chi connectivity index (χ4v) is 8.94. The molecule has 4 aliphatic rings. The van der Waals surface area contributed by atoms with Crippen LogP contribution >= 0.6 is 0 Å². The van der Waals surface area contributed by atoms with E-state index in [0.717, 1.165) is 29.7 Å². The van der Waals surface area contributed by atoms with E-state index in [4.69, 9.17) is 10.5 Å². The van der Waals surface area contributed by atoms with Gasteiger partial charge in [-0.1, -0.05) is 43.1 Å². The number of aliphatic hydroxyl groups excluding tert-OH is 5. The Morgan fingerprint density at radius 3 is 2.56 bits per heavy atom. The molecule has 11 nitrogen and oxygen atoms in total. The Bertz CT molecular complexity index is 1680. The van der Waals surface area contributed by atoms with Crippen molar-refractivity contribution in [3.8, 4) is 23.3 Å². The Morgan fingerprint density at radius 1 is 1.00 bits per heavy atom. The number of nitrogens with one attached hydrogen (secondary N) is 3. The van der Waals surface area contributed by atoms with Crippen molar-refractivity contribution in [3.63, 3.8) is 0 Å². The number of aromatic nitrogens is 1. The highest BCUT2D eigenvalue weighted by Crippen LogP contribution is 2.43. The molecule has 1 aliphatic heterocycles.